The van der Waals surface area contributed by atoms with Crippen molar-refractivity contribution >= 4 is 28.9 Å². The minimum absolute atomic E-state index is 0.146. The Morgan fingerprint density at radius 1 is 1.17 bits per heavy atom. The summed E-state index contributed by atoms with van der Waals surface area (Å²) in [7, 11) is 2.93. The van der Waals surface area contributed by atoms with Crippen molar-refractivity contribution in [3.05, 3.63) is 57.1 Å². The molecule has 2 aromatic rings. The Hall–Kier alpha value is -2.80. The number of nitrogens with one attached hydrogen (secondary N) is 1. The largest absolute Gasteiger partial charge is 0.497 e. The van der Waals surface area contributed by atoms with Crippen LogP contribution in [0.3, 0.4) is 0 Å². The Labute approximate surface area is 136 Å². The van der Waals surface area contributed by atoms with Crippen LogP contribution in [0.2, 0.25) is 5.02 Å². The van der Waals surface area contributed by atoms with Crippen LogP contribution in [0, 0.1) is 10.1 Å². The van der Waals surface area contributed by atoms with Crippen LogP contribution in [-0.2, 0) is 0 Å². The molecule has 0 aliphatic rings. The van der Waals surface area contributed by atoms with Gasteiger partial charge in [-0.1, -0.05) is 11.6 Å². The van der Waals surface area contributed by atoms with Gasteiger partial charge in [0.15, 0.2) is 0 Å². The first-order valence-corrected chi connectivity index (χ1v) is 6.81. The van der Waals surface area contributed by atoms with Gasteiger partial charge in [0.2, 0.25) is 0 Å². The zero-order valence-electron chi connectivity index (χ0n) is 12.3. The van der Waals surface area contributed by atoms with Gasteiger partial charge in [-0.25, -0.2) is 0 Å². The molecule has 0 fully saturated rings. The van der Waals surface area contributed by atoms with Crippen LogP contribution >= 0.6 is 11.6 Å². The van der Waals surface area contributed by atoms with Crippen LogP contribution in [0.4, 0.5) is 11.4 Å². The summed E-state index contributed by atoms with van der Waals surface area (Å²) >= 11 is 5.83. The highest BCUT2D eigenvalue weighted by Crippen LogP contribution is 2.30. The number of carbonyl (C=O) groups excluding carboxylic acids is 1. The van der Waals surface area contributed by atoms with Gasteiger partial charge in [-0.05, 0) is 24.3 Å². The number of methoxy groups -OCH3 is 2. The summed E-state index contributed by atoms with van der Waals surface area (Å²) in [5.41, 5.74) is -0.160. The number of carbonyl (C=O) groups is 1. The van der Waals surface area contributed by atoms with Crippen LogP contribution in [0.25, 0.3) is 0 Å². The van der Waals surface area contributed by atoms with Crippen molar-refractivity contribution in [3.8, 4) is 11.5 Å². The van der Waals surface area contributed by atoms with Crippen molar-refractivity contribution < 1.29 is 19.2 Å². The Bertz CT molecular complexity index is 764. The van der Waals surface area contributed by atoms with Crippen molar-refractivity contribution in [1.29, 1.82) is 0 Å². The number of rotatable bonds is 5. The SMILES string of the molecule is COc1ccc(OC)c(NC(=O)c2cc(Cl)ccc2[N+](=O)[O-])c1. The minimum atomic E-state index is -0.675. The zero-order chi connectivity index (χ0) is 17.0. The van der Waals surface area contributed by atoms with Gasteiger partial charge in [0.1, 0.15) is 17.1 Å². The third-order valence-corrected chi connectivity index (χ3v) is 3.29. The molecule has 2 rings (SSSR count). The van der Waals surface area contributed by atoms with Gasteiger partial charge in [0.25, 0.3) is 11.6 Å². The lowest BCUT2D eigenvalue weighted by atomic mass is 10.1. The van der Waals surface area contributed by atoms with E-state index >= 15 is 0 Å². The molecule has 1 N–H and O–H groups in total. The van der Waals surface area contributed by atoms with Crippen LogP contribution in [-0.4, -0.2) is 25.1 Å². The number of benzene rings is 2. The van der Waals surface area contributed by atoms with Crippen LogP contribution in [0.1, 0.15) is 10.4 Å². The molecule has 0 aliphatic heterocycles. The van der Waals surface area contributed by atoms with E-state index in [4.69, 9.17) is 21.1 Å². The fourth-order valence-corrected chi connectivity index (χ4v) is 2.12. The summed E-state index contributed by atoms with van der Waals surface area (Å²) in [5.74, 6) is 0.219. The molecule has 0 spiro atoms. The van der Waals surface area contributed by atoms with Crippen LogP contribution in [0.15, 0.2) is 36.4 Å². The number of nitro benzene ring substituents is 1. The zero-order valence-corrected chi connectivity index (χ0v) is 13.1. The predicted octanol–water partition coefficient (Wildman–Crippen LogP) is 3.52. The average Bonchev–Trinajstić information content (AvgIpc) is 2.54. The monoisotopic (exact) mass is 336 g/mol. The molecule has 7 nitrogen and oxygen atoms in total. The second-order valence-corrected chi connectivity index (χ2v) is 4.88. The average molecular weight is 337 g/mol. The Kier molecular flexibility index (Phi) is 5.02. The smallest absolute Gasteiger partial charge is 0.282 e. The van der Waals surface area contributed by atoms with E-state index in [9.17, 15) is 14.9 Å². The Morgan fingerprint density at radius 3 is 2.52 bits per heavy atom. The van der Waals surface area contributed by atoms with Gasteiger partial charge in [0, 0.05) is 17.2 Å². The maximum absolute atomic E-state index is 12.4. The van der Waals surface area contributed by atoms with E-state index in [1.54, 1.807) is 18.2 Å². The highest BCUT2D eigenvalue weighted by Gasteiger charge is 2.21. The molecule has 120 valence electrons. The lowest BCUT2D eigenvalue weighted by molar-refractivity contribution is -0.385. The lowest BCUT2D eigenvalue weighted by Gasteiger charge is -2.12. The molecule has 0 saturated carbocycles. The Balaban J connectivity index is 2.40. The topological polar surface area (TPSA) is 90.7 Å². The number of amides is 1. The van der Waals surface area contributed by atoms with E-state index in [0.29, 0.717) is 17.2 Å². The van der Waals surface area contributed by atoms with Gasteiger partial charge >= 0.3 is 0 Å². The molecule has 0 saturated heterocycles. The van der Waals surface area contributed by atoms with E-state index < -0.39 is 10.8 Å². The number of hydrogen-bond donors (Lipinski definition) is 1. The molecule has 0 heterocycles. The van der Waals surface area contributed by atoms with E-state index in [-0.39, 0.29) is 16.3 Å². The normalized spacial score (nSPS) is 10.0. The molecule has 0 atom stereocenters. The quantitative estimate of drug-likeness (QED) is 0.666. The van der Waals surface area contributed by atoms with Crippen LogP contribution in [0.5, 0.6) is 11.5 Å². The highest BCUT2D eigenvalue weighted by molar-refractivity contribution is 6.31. The fraction of sp³-hybridized carbons (Fsp3) is 0.133. The molecule has 8 heteroatoms. The molecule has 23 heavy (non-hydrogen) atoms. The number of hydrogen-bond acceptors (Lipinski definition) is 5. The first-order valence-electron chi connectivity index (χ1n) is 6.43. The summed E-state index contributed by atoms with van der Waals surface area (Å²) in [4.78, 5) is 22.8. The van der Waals surface area contributed by atoms with Crippen molar-refractivity contribution in [2.24, 2.45) is 0 Å². The van der Waals surface area contributed by atoms with E-state index in [0.717, 1.165) is 0 Å². The first kappa shape index (κ1) is 16.6. The van der Waals surface area contributed by atoms with Gasteiger partial charge in [-0.15, -0.1) is 0 Å². The maximum atomic E-state index is 12.4. The molecular weight excluding hydrogens is 324 g/mol. The summed E-state index contributed by atoms with van der Waals surface area (Å²) < 4.78 is 10.2. The first-order chi connectivity index (χ1) is 11.0. The maximum Gasteiger partial charge on any atom is 0.282 e. The molecule has 0 aliphatic carbocycles. The lowest BCUT2D eigenvalue weighted by Crippen LogP contribution is -2.14. The third kappa shape index (κ3) is 3.70. The Morgan fingerprint density at radius 2 is 1.91 bits per heavy atom. The van der Waals surface area contributed by atoms with Gasteiger partial charge < -0.3 is 14.8 Å². The second kappa shape index (κ2) is 6.97. The molecule has 2 aromatic carbocycles. The number of anilines is 1. The summed E-state index contributed by atoms with van der Waals surface area (Å²) in [6.45, 7) is 0. The van der Waals surface area contributed by atoms with Crippen molar-refractivity contribution in [1.82, 2.24) is 0 Å². The number of nitrogens with zero attached hydrogens (tertiary/aromatic N) is 1. The number of nitro groups is 1. The highest BCUT2D eigenvalue weighted by atomic mass is 35.5. The number of ether oxygens (including phenoxy) is 2. The van der Waals surface area contributed by atoms with Crippen molar-refractivity contribution in [2.75, 3.05) is 19.5 Å². The summed E-state index contributed by atoms with van der Waals surface area (Å²) in [6, 6.07) is 8.59. The molecule has 0 unspecified atom stereocenters. The number of halogens is 1. The summed E-state index contributed by atoms with van der Waals surface area (Å²) in [6.07, 6.45) is 0. The molecule has 0 radical (unpaired) electrons. The van der Waals surface area contributed by atoms with E-state index in [1.807, 2.05) is 0 Å². The molecule has 0 aromatic heterocycles. The third-order valence-electron chi connectivity index (χ3n) is 3.05. The van der Waals surface area contributed by atoms with E-state index in [2.05, 4.69) is 5.32 Å². The van der Waals surface area contributed by atoms with Crippen molar-refractivity contribution in [3.63, 3.8) is 0 Å². The van der Waals surface area contributed by atoms with Crippen LogP contribution < -0.4 is 14.8 Å². The summed E-state index contributed by atoms with van der Waals surface area (Å²) in [5, 5.41) is 13.8. The van der Waals surface area contributed by atoms with E-state index in [1.165, 1.54) is 32.4 Å². The minimum Gasteiger partial charge on any atom is -0.497 e. The molecule has 1 amide bonds. The van der Waals surface area contributed by atoms with Gasteiger partial charge in [-0.2, -0.15) is 0 Å². The predicted molar refractivity (Wildman–Crippen MR) is 85.6 cm³/mol. The molecular formula is C15H13ClN2O5. The van der Waals surface area contributed by atoms with Gasteiger partial charge in [0.05, 0.1) is 24.8 Å². The fourth-order valence-electron chi connectivity index (χ4n) is 1.95. The standard InChI is InChI=1S/C15H13ClN2O5/c1-22-10-4-6-14(23-2)12(8-10)17-15(19)11-7-9(16)3-5-13(11)18(20)21/h3-8H,1-2H3,(H,17,19). The van der Waals surface area contributed by atoms with Gasteiger partial charge in [-0.3, -0.25) is 14.9 Å². The van der Waals surface area contributed by atoms with Crippen molar-refractivity contribution in [2.45, 2.75) is 0 Å². The second-order valence-electron chi connectivity index (χ2n) is 4.44. The molecule has 0 bridgehead atoms.